The Morgan fingerprint density at radius 2 is 1.81 bits per heavy atom. The van der Waals surface area contributed by atoms with E-state index in [0.717, 1.165) is 32.6 Å². The van der Waals surface area contributed by atoms with Crippen molar-refractivity contribution in [2.75, 3.05) is 19.5 Å². The summed E-state index contributed by atoms with van der Waals surface area (Å²) in [5, 5.41) is 3.00. The van der Waals surface area contributed by atoms with E-state index in [4.69, 9.17) is 4.74 Å². The Labute approximate surface area is 164 Å². The van der Waals surface area contributed by atoms with Crippen molar-refractivity contribution in [2.24, 2.45) is 0 Å². The third kappa shape index (κ3) is 4.86. The van der Waals surface area contributed by atoms with Crippen molar-refractivity contribution in [1.82, 2.24) is 4.90 Å². The highest BCUT2D eigenvalue weighted by Crippen LogP contribution is 2.26. The summed E-state index contributed by atoms with van der Waals surface area (Å²) in [6, 6.07) is 9.86. The molecule has 0 aliphatic heterocycles. The number of amides is 1. The molecule has 0 heterocycles. The van der Waals surface area contributed by atoms with Crippen molar-refractivity contribution < 1.29 is 9.53 Å². The molecule has 2 rings (SSSR count). The van der Waals surface area contributed by atoms with Crippen molar-refractivity contribution in [2.45, 2.75) is 40.3 Å². The Morgan fingerprint density at radius 3 is 2.35 bits per heavy atom. The first kappa shape index (κ1) is 20.5. The number of ether oxygens (including phenoxy) is 1. The molecule has 1 amide bonds. The highest BCUT2D eigenvalue weighted by Gasteiger charge is 2.19. The minimum absolute atomic E-state index is 0.0287. The Bertz CT molecular complexity index is 782. The van der Waals surface area contributed by atoms with Crippen LogP contribution < -0.4 is 10.1 Å². The van der Waals surface area contributed by atoms with E-state index in [1.54, 1.807) is 7.11 Å². The SMILES string of the molecule is COc1c(C)cc(CN(C)C(C)C(=O)Nc2ccc(C)cc2Br)cc1C. The predicted octanol–water partition coefficient (Wildman–Crippen LogP) is 4.84. The molecule has 140 valence electrons. The monoisotopic (exact) mass is 418 g/mol. The summed E-state index contributed by atoms with van der Waals surface area (Å²) in [5.41, 5.74) is 5.31. The molecule has 0 radical (unpaired) electrons. The molecular weight excluding hydrogens is 392 g/mol. The van der Waals surface area contributed by atoms with Crippen LogP contribution in [0.4, 0.5) is 5.69 Å². The van der Waals surface area contributed by atoms with Crippen LogP contribution >= 0.6 is 15.9 Å². The van der Waals surface area contributed by atoms with E-state index in [1.807, 2.05) is 57.8 Å². The first-order chi connectivity index (χ1) is 12.2. The number of aryl methyl sites for hydroxylation is 3. The molecule has 4 nitrogen and oxygen atoms in total. The number of halogens is 1. The molecule has 0 saturated carbocycles. The Balaban J connectivity index is 2.06. The van der Waals surface area contributed by atoms with E-state index in [2.05, 4.69) is 33.4 Å². The average molecular weight is 419 g/mol. The van der Waals surface area contributed by atoms with Gasteiger partial charge >= 0.3 is 0 Å². The number of anilines is 1. The first-order valence-electron chi connectivity index (χ1n) is 8.64. The second-order valence-electron chi connectivity index (χ2n) is 6.83. The van der Waals surface area contributed by atoms with Crippen molar-refractivity contribution in [3.8, 4) is 5.75 Å². The van der Waals surface area contributed by atoms with E-state index in [1.165, 1.54) is 5.56 Å². The molecule has 0 aliphatic carbocycles. The molecule has 0 aromatic heterocycles. The average Bonchev–Trinajstić information content (AvgIpc) is 2.56. The van der Waals surface area contributed by atoms with Crippen LogP contribution in [0.15, 0.2) is 34.8 Å². The maximum Gasteiger partial charge on any atom is 0.241 e. The van der Waals surface area contributed by atoms with Crippen LogP contribution in [0.5, 0.6) is 5.75 Å². The number of rotatable bonds is 6. The summed E-state index contributed by atoms with van der Waals surface area (Å²) in [4.78, 5) is 14.7. The zero-order valence-corrected chi connectivity index (χ0v) is 17.9. The van der Waals surface area contributed by atoms with Crippen LogP contribution in [0, 0.1) is 20.8 Å². The lowest BCUT2D eigenvalue weighted by Gasteiger charge is -2.25. The van der Waals surface area contributed by atoms with Crippen LogP contribution in [-0.2, 0) is 11.3 Å². The van der Waals surface area contributed by atoms with Gasteiger partial charge in [-0.15, -0.1) is 0 Å². The summed E-state index contributed by atoms with van der Waals surface area (Å²) >= 11 is 3.50. The number of nitrogens with one attached hydrogen (secondary N) is 1. The van der Waals surface area contributed by atoms with E-state index in [0.29, 0.717) is 6.54 Å². The summed E-state index contributed by atoms with van der Waals surface area (Å²) in [7, 11) is 3.65. The van der Waals surface area contributed by atoms with Crippen LogP contribution in [-0.4, -0.2) is 31.0 Å². The third-order valence-corrected chi connectivity index (χ3v) is 5.24. The van der Waals surface area contributed by atoms with Gasteiger partial charge in [-0.3, -0.25) is 9.69 Å². The van der Waals surface area contributed by atoms with Gasteiger partial charge in [0, 0.05) is 11.0 Å². The van der Waals surface area contributed by atoms with E-state index in [9.17, 15) is 4.79 Å². The fraction of sp³-hybridized carbons (Fsp3) is 0.381. The van der Waals surface area contributed by atoms with Gasteiger partial charge in [-0.05, 0) is 85.1 Å². The Kier molecular flexibility index (Phi) is 6.84. The molecular formula is C21H27BrN2O2. The first-order valence-corrected chi connectivity index (χ1v) is 9.43. The van der Waals surface area contributed by atoms with Crippen molar-refractivity contribution in [1.29, 1.82) is 0 Å². The lowest BCUT2D eigenvalue weighted by Crippen LogP contribution is -2.39. The molecule has 0 spiro atoms. The fourth-order valence-corrected chi connectivity index (χ4v) is 3.63. The number of methoxy groups -OCH3 is 1. The van der Waals surface area contributed by atoms with Crippen molar-refractivity contribution >= 4 is 27.5 Å². The molecule has 0 bridgehead atoms. The zero-order valence-electron chi connectivity index (χ0n) is 16.3. The smallest absolute Gasteiger partial charge is 0.241 e. The molecule has 0 aliphatic rings. The molecule has 1 N–H and O–H groups in total. The number of benzene rings is 2. The molecule has 2 aromatic carbocycles. The maximum absolute atomic E-state index is 12.6. The highest BCUT2D eigenvalue weighted by atomic mass is 79.9. The zero-order chi connectivity index (χ0) is 19.4. The largest absolute Gasteiger partial charge is 0.496 e. The number of nitrogens with zero attached hydrogens (tertiary/aromatic N) is 1. The van der Waals surface area contributed by atoms with Gasteiger partial charge < -0.3 is 10.1 Å². The predicted molar refractivity (Wildman–Crippen MR) is 111 cm³/mol. The standard InChI is InChI=1S/C21H27BrN2O2/c1-13-7-8-19(18(22)9-13)23-21(25)16(4)24(5)12-17-10-14(2)20(26-6)15(3)11-17/h7-11,16H,12H2,1-6H3,(H,23,25). The number of hydrogen-bond acceptors (Lipinski definition) is 3. The molecule has 0 fully saturated rings. The van der Waals surface area contributed by atoms with E-state index < -0.39 is 0 Å². The summed E-state index contributed by atoms with van der Waals surface area (Å²) in [6.07, 6.45) is 0. The van der Waals surface area contributed by atoms with Crippen molar-refractivity contribution in [3.05, 3.63) is 57.1 Å². The third-order valence-electron chi connectivity index (χ3n) is 4.58. The van der Waals surface area contributed by atoms with Crippen LogP contribution in [0.25, 0.3) is 0 Å². The van der Waals surface area contributed by atoms with E-state index in [-0.39, 0.29) is 11.9 Å². The van der Waals surface area contributed by atoms with E-state index >= 15 is 0 Å². The number of likely N-dealkylation sites (N-methyl/N-ethyl adjacent to an activating group) is 1. The summed E-state index contributed by atoms with van der Waals surface area (Å²) < 4.78 is 6.32. The minimum atomic E-state index is -0.258. The molecule has 2 aromatic rings. The van der Waals surface area contributed by atoms with Gasteiger partial charge in [-0.25, -0.2) is 0 Å². The number of hydrogen-bond donors (Lipinski definition) is 1. The van der Waals surface area contributed by atoms with Crippen LogP contribution in [0.3, 0.4) is 0 Å². The molecule has 26 heavy (non-hydrogen) atoms. The molecule has 1 atom stereocenters. The van der Waals surface area contributed by atoms with Gasteiger partial charge in [0.1, 0.15) is 5.75 Å². The topological polar surface area (TPSA) is 41.6 Å². The van der Waals surface area contributed by atoms with Gasteiger partial charge in [0.05, 0.1) is 18.8 Å². The normalized spacial score (nSPS) is 12.2. The second kappa shape index (κ2) is 8.69. The Morgan fingerprint density at radius 1 is 1.19 bits per heavy atom. The number of carbonyl (C=O) groups excluding carboxylic acids is 1. The lowest BCUT2D eigenvalue weighted by molar-refractivity contribution is -0.120. The van der Waals surface area contributed by atoms with Gasteiger partial charge in [-0.2, -0.15) is 0 Å². The summed E-state index contributed by atoms with van der Waals surface area (Å²) in [6.45, 7) is 8.71. The Hall–Kier alpha value is -1.85. The summed E-state index contributed by atoms with van der Waals surface area (Å²) in [5.74, 6) is 0.894. The van der Waals surface area contributed by atoms with Gasteiger partial charge in [0.25, 0.3) is 0 Å². The molecule has 1 unspecified atom stereocenters. The molecule has 0 saturated heterocycles. The quantitative estimate of drug-likeness (QED) is 0.729. The minimum Gasteiger partial charge on any atom is -0.496 e. The van der Waals surface area contributed by atoms with Crippen molar-refractivity contribution in [3.63, 3.8) is 0 Å². The number of carbonyl (C=O) groups is 1. The van der Waals surface area contributed by atoms with Crippen LogP contribution in [0.2, 0.25) is 0 Å². The fourth-order valence-electron chi connectivity index (χ4n) is 3.04. The highest BCUT2D eigenvalue weighted by molar-refractivity contribution is 9.10. The molecule has 5 heteroatoms. The van der Waals surface area contributed by atoms with Crippen LogP contribution in [0.1, 0.15) is 29.2 Å². The van der Waals surface area contributed by atoms with Gasteiger partial charge in [-0.1, -0.05) is 18.2 Å². The maximum atomic E-state index is 12.6. The van der Waals surface area contributed by atoms with Gasteiger partial charge in [0.2, 0.25) is 5.91 Å². The second-order valence-corrected chi connectivity index (χ2v) is 7.68. The van der Waals surface area contributed by atoms with Gasteiger partial charge in [0.15, 0.2) is 0 Å². The lowest BCUT2D eigenvalue weighted by atomic mass is 10.0.